The number of benzene rings is 1. The molecule has 0 fully saturated rings. The molecule has 8 nitrogen and oxygen atoms in total. The van der Waals surface area contributed by atoms with Gasteiger partial charge in [-0.25, -0.2) is 13.1 Å². The van der Waals surface area contributed by atoms with Crippen LogP contribution in [0.2, 0.25) is 0 Å². The van der Waals surface area contributed by atoms with Crippen molar-refractivity contribution in [3.63, 3.8) is 0 Å². The van der Waals surface area contributed by atoms with Gasteiger partial charge in [0, 0.05) is 12.1 Å². The number of nitrogens with two attached hydrogens (primary N) is 1. The molecule has 0 bridgehead atoms. The highest BCUT2D eigenvalue weighted by atomic mass is 32.2. The first-order valence-corrected chi connectivity index (χ1v) is 6.44. The fourth-order valence-electron chi connectivity index (χ4n) is 1.17. The van der Waals surface area contributed by atoms with Crippen LogP contribution in [0.4, 0.5) is 5.69 Å². The summed E-state index contributed by atoms with van der Waals surface area (Å²) in [4.78, 5) is 20.3. The standard InChI is InChI=1S/C9H11N3O5S/c10-9(13)5-11-18(16,17)6-7-1-3-8(4-2-7)12(14)15/h1-4,11H,5-6H2,(H2,10,13). The third-order valence-electron chi connectivity index (χ3n) is 1.97. The zero-order valence-electron chi connectivity index (χ0n) is 9.20. The number of nitro groups is 1. The average Bonchev–Trinajstić information content (AvgIpc) is 2.27. The third-order valence-corrected chi connectivity index (χ3v) is 3.27. The van der Waals surface area contributed by atoms with E-state index in [4.69, 9.17) is 5.73 Å². The predicted molar refractivity (Wildman–Crippen MR) is 62.9 cm³/mol. The Kier molecular flexibility index (Phi) is 4.34. The second-order valence-corrected chi connectivity index (χ2v) is 5.28. The number of hydrogen-bond acceptors (Lipinski definition) is 5. The number of amides is 1. The van der Waals surface area contributed by atoms with E-state index in [1.165, 1.54) is 24.3 Å². The summed E-state index contributed by atoms with van der Waals surface area (Å²) in [5.74, 6) is -1.17. The molecule has 0 aromatic heterocycles. The van der Waals surface area contributed by atoms with Crippen LogP contribution >= 0.6 is 0 Å². The summed E-state index contributed by atoms with van der Waals surface area (Å²) in [6, 6.07) is 5.08. The minimum atomic E-state index is -3.68. The molecule has 0 atom stereocenters. The van der Waals surface area contributed by atoms with Crippen LogP contribution in [0.3, 0.4) is 0 Å². The zero-order chi connectivity index (χ0) is 13.8. The van der Waals surface area contributed by atoms with Crippen molar-refractivity contribution < 1.29 is 18.1 Å². The van der Waals surface area contributed by atoms with Crippen LogP contribution < -0.4 is 10.5 Å². The second kappa shape index (κ2) is 5.56. The molecule has 18 heavy (non-hydrogen) atoms. The summed E-state index contributed by atoms with van der Waals surface area (Å²) in [7, 11) is -3.68. The second-order valence-electron chi connectivity index (χ2n) is 3.47. The molecular weight excluding hydrogens is 262 g/mol. The topological polar surface area (TPSA) is 132 Å². The molecule has 9 heteroatoms. The summed E-state index contributed by atoms with van der Waals surface area (Å²) in [5, 5.41) is 10.4. The summed E-state index contributed by atoms with van der Waals surface area (Å²) >= 11 is 0. The van der Waals surface area contributed by atoms with E-state index in [2.05, 4.69) is 0 Å². The van der Waals surface area contributed by atoms with E-state index in [-0.39, 0.29) is 11.4 Å². The fourth-order valence-corrected chi connectivity index (χ4v) is 2.26. The molecule has 0 radical (unpaired) electrons. The largest absolute Gasteiger partial charge is 0.369 e. The molecule has 0 aliphatic heterocycles. The number of primary amides is 1. The molecule has 0 unspecified atom stereocenters. The van der Waals surface area contributed by atoms with E-state index < -0.39 is 27.4 Å². The van der Waals surface area contributed by atoms with Crippen molar-refractivity contribution in [2.24, 2.45) is 5.73 Å². The Morgan fingerprint density at radius 3 is 2.33 bits per heavy atom. The summed E-state index contributed by atoms with van der Waals surface area (Å²) in [6.45, 7) is -0.477. The maximum Gasteiger partial charge on any atom is 0.269 e. The van der Waals surface area contributed by atoms with Crippen LogP contribution in [0.1, 0.15) is 5.56 Å². The van der Waals surface area contributed by atoms with Crippen LogP contribution in [0.25, 0.3) is 0 Å². The van der Waals surface area contributed by atoms with Crippen molar-refractivity contribution in [3.05, 3.63) is 39.9 Å². The quantitative estimate of drug-likeness (QED) is 0.532. The van der Waals surface area contributed by atoms with Gasteiger partial charge in [0.15, 0.2) is 0 Å². The van der Waals surface area contributed by atoms with Gasteiger partial charge in [-0.05, 0) is 5.56 Å². The third kappa shape index (κ3) is 4.47. The molecule has 1 aromatic rings. The highest BCUT2D eigenvalue weighted by molar-refractivity contribution is 7.88. The molecule has 0 aliphatic carbocycles. The molecule has 0 spiro atoms. The Morgan fingerprint density at radius 2 is 1.89 bits per heavy atom. The molecule has 0 heterocycles. The maximum absolute atomic E-state index is 11.5. The van der Waals surface area contributed by atoms with E-state index in [9.17, 15) is 23.3 Å². The normalized spacial score (nSPS) is 11.1. The van der Waals surface area contributed by atoms with Crippen molar-refractivity contribution in [1.29, 1.82) is 0 Å². The van der Waals surface area contributed by atoms with Crippen molar-refractivity contribution in [1.82, 2.24) is 4.72 Å². The number of carbonyl (C=O) groups is 1. The lowest BCUT2D eigenvalue weighted by Crippen LogP contribution is -2.34. The molecular formula is C9H11N3O5S. The number of hydrogen-bond donors (Lipinski definition) is 2. The van der Waals surface area contributed by atoms with Gasteiger partial charge in [-0.15, -0.1) is 0 Å². The molecule has 0 saturated carbocycles. The van der Waals surface area contributed by atoms with Gasteiger partial charge in [-0.2, -0.15) is 0 Å². The van der Waals surface area contributed by atoms with E-state index >= 15 is 0 Å². The smallest absolute Gasteiger partial charge is 0.269 e. The van der Waals surface area contributed by atoms with Crippen molar-refractivity contribution in [3.8, 4) is 0 Å². The number of nitro benzene ring substituents is 1. The van der Waals surface area contributed by atoms with Crippen molar-refractivity contribution >= 4 is 21.6 Å². The van der Waals surface area contributed by atoms with Crippen molar-refractivity contribution in [2.75, 3.05) is 6.54 Å². The number of sulfonamides is 1. The van der Waals surface area contributed by atoms with Gasteiger partial charge < -0.3 is 5.73 Å². The minimum Gasteiger partial charge on any atom is -0.369 e. The van der Waals surface area contributed by atoms with Gasteiger partial charge in [0.2, 0.25) is 15.9 Å². The number of non-ortho nitro benzene ring substituents is 1. The van der Waals surface area contributed by atoms with E-state index in [1.54, 1.807) is 0 Å². The van der Waals surface area contributed by atoms with Crippen molar-refractivity contribution in [2.45, 2.75) is 5.75 Å². The molecule has 1 amide bonds. The summed E-state index contributed by atoms with van der Waals surface area (Å²) < 4.78 is 24.9. The van der Waals surface area contributed by atoms with Crippen LogP contribution in [0, 0.1) is 10.1 Å². The number of nitrogens with one attached hydrogen (secondary N) is 1. The Hall–Kier alpha value is -2.00. The van der Waals surface area contributed by atoms with Crippen LogP contribution in [0.15, 0.2) is 24.3 Å². The molecule has 0 saturated heterocycles. The van der Waals surface area contributed by atoms with Crippen LogP contribution in [-0.4, -0.2) is 25.8 Å². The predicted octanol–water partition coefficient (Wildman–Crippen LogP) is -0.500. The zero-order valence-corrected chi connectivity index (χ0v) is 10.0. The van der Waals surface area contributed by atoms with E-state index in [0.717, 1.165) is 0 Å². The van der Waals surface area contributed by atoms with Gasteiger partial charge in [-0.1, -0.05) is 12.1 Å². The summed E-state index contributed by atoms with van der Waals surface area (Å²) in [5.41, 5.74) is 5.05. The van der Waals surface area contributed by atoms with Gasteiger partial charge in [0.1, 0.15) is 0 Å². The Labute approximate surface area is 103 Å². The molecule has 3 N–H and O–H groups in total. The molecule has 0 aliphatic rings. The Bertz CT molecular complexity index is 552. The monoisotopic (exact) mass is 273 g/mol. The Balaban J connectivity index is 2.72. The summed E-state index contributed by atoms with van der Waals surface area (Å²) in [6.07, 6.45) is 0. The minimum absolute atomic E-state index is 0.124. The lowest BCUT2D eigenvalue weighted by atomic mass is 10.2. The first-order valence-electron chi connectivity index (χ1n) is 4.79. The fraction of sp³-hybridized carbons (Fsp3) is 0.222. The molecule has 1 rings (SSSR count). The number of rotatable bonds is 6. The lowest BCUT2D eigenvalue weighted by molar-refractivity contribution is -0.384. The first-order chi connectivity index (χ1) is 8.30. The van der Waals surface area contributed by atoms with Gasteiger partial charge >= 0.3 is 0 Å². The Morgan fingerprint density at radius 1 is 1.33 bits per heavy atom. The van der Waals surface area contributed by atoms with Gasteiger partial charge in [-0.3, -0.25) is 14.9 Å². The molecule has 1 aromatic carbocycles. The van der Waals surface area contributed by atoms with Gasteiger partial charge in [0.25, 0.3) is 5.69 Å². The number of carbonyl (C=O) groups excluding carboxylic acids is 1. The highest BCUT2D eigenvalue weighted by Gasteiger charge is 2.13. The van der Waals surface area contributed by atoms with E-state index in [0.29, 0.717) is 5.56 Å². The first kappa shape index (κ1) is 14.1. The van der Waals surface area contributed by atoms with Crippen LogP contribution in [0.5, 0.6) is 0 Å². The molecule has 98 valence electrons. The van der Waals surface area contributed by atoms with E-state index in [1.807, 2.05) is 4.72 Å². The SMILES string of the molecule is NC(=O)CNS(=O)(=O)Cc1ccc([N+](=O)[O-])cc1. The number of nitrogens with zero attached hydrogens (tertiary/aromatic N) is 1. The van der Waals surface area contributed by atoms with Gasteiger partial charge in [0.05, 0.1) is 17.2 Å². The maximum atomic E-state index is 11.5. The lowest BCUT2D eigenvalue weighted by Gasteiger charge is -2.04. The average molecular weight is 273 g/mol. The van der Waals surface area contributed by atoms with Crippen LogP contribution in [-0.2, 0) is 20.6 Å². The highest BCUT2D eigenvalue weighted by Crippen LogP contribution is 2.13.